The van der Waals surface area contributed by atoms with Gasteiger partial charge in [-0.2, -0.15) is 0 Å². The van der Waals surface area contributed by atoms with Crippen LogP contribution in [0.25, 0.3) is 0 Å². The predicted molar refractivity (Wildman–Crippen MR) is 124 cm³/mol. The summed E-state index contributed by atoms with van der Waals surface area (Å²) in [6, 6.07) is 11.8. The van der Waals surface area contributed by atoms with E-state index in [1.54, 1.807) is 35.2 Å². The first-order valence-electron chi connectivity index (χ1n) is 10.1. The van der Waals surface area contributed by atoms with E-state index in [4.69, 9.17) is 34.8 Å². The molecule has 0 radical (unpaired) electrons. The van der Waals surface area contributed by atoms with Crippen molar-refractivity contribution in [2.24, 2.45) is 0 Å². The van der Waals surface area contributed by atoms with E-state index in [0.29, 0.717) is 40.1 Å². The number of nitrogens with one attached hydrogen (secondary N) is 1. The fourth-order valence-corrected chi connectivity index (χ4v) is 3.74. The molecule has 0 aromatic heterocycles. The SMILES string of the molecule is CCCCNC(=O)[C@H](CC)N(Cc1ccc(Cl)cc1)C(=O)Cc1ccc(Cl)cc1Cl. The van der Waals surface area contributed by atoms with Gasteiger partial charge in [-0.15, -0.1) is 0 Å². The van der Waals surface area contributed by atoms with E-state index >= 15 is 0 Å². The molecule has 2 rings (SSSR count). The molecule has 0 aliphatic carbocycles. The second-order valence-electron chi connectivity index (χ2n) is 7.13. The maximum atomic E-state index is 13.3. The van der Waals surface area contributed by atoms with Gasteiger partial charge < -0.3 is 10.2 Å². The van der Waals surface area contributed by atoms with Crippen LogP contribution in [0.1, 0.15) is 44.2 Å². The second kappa shape index (κ2) is 12.2. The number of carbonyl (C=O) groups excluding carboxylic acids is 2. The molecule has 0 unspecified atom stereocenters. The highest BCUT2D eigenvalue weighted by molar-refractivity contribution is 6.35. The van der Waals surface area contributed by atoms with E-state index in [9.17, 15) is 9.59 Å². The summed E-state index contributed by atoms with van der Waals surface area (Å²) in [4.78, 5) is 27.7. The number of hydrogen-bond donors (Lipinski definition) is 1. The molecule has 0 aliphatic rings. The van der Waals surface area contributed by atoms with Gasteiger partial charge in [0.15, 0.2) is 0 Å². The molecule has 0 bridgehead atoms. The minimum atomic E-state index is -0.573. The predicted octanol–water partition coefficient (Wildman–Crippen LogP) is 5.91. The van der Waals surface area contributed by atoms with Crippen molar-refractivity contribution < 1.29 is 9.59 Å². The van der Waals surface area contributed by atoms with Crippen LogP contribution in [0.3, 0.4) is 0 Å². The molecule has 30 heavy (non-hydrogen) atoms. The largest absolute Gasteiger partial charge is 0.354 e. The third kappa shape index (κ3) is 7.19. The Kier molecular flexibility index (Phi) is 9.96. The van der Waals surface area contributed by atoms with Gasteiger partial charge >= 0.3 is 0 Å². The molecule has 0 heterocycles. The van der Waals surface area contributed by atoms with Crippen molar-refractivity contribution in [2.45, 2.75) is 52.1 Å². The molecule has 0 spiro atoms. The highest BCUT2D eigenvalue weighted by Crippen LogP contribution is 2.23. The van der Waals surface area contributed by atoms with Crippen molar-refractivity contribution in [1.29, 1.82) is 0 Å². The van der Waals surface area contributed by atoms with Gasteiger partial charge in [0.2, 0.25) is 11.8 Å². The number of rotatable bonds is 10. The molecule has 1 N–H and O–H groups in total. The first-order chi connectivity index (χ1) is 14.3. The Hall–Kier alpha value is -1.75. The van der Waals surface area contributed by atoms with Crippen LogP contribution in [0.15, 0.2) is 42.5 Å². The maximum absolute atomic E-state index is 13.3. The minimum absolute atomic E-state index is 0.0856. The molecule has 2 aromatic rings. The van der Waals surface area contributed by atoms with Gasteiger partial charge in [-0.25, -0.2) is 0 Å². The zero-order valence-corrected chi connectivity index (χ0v) is 19.5. The third-order valence-corrected chi connectivity index (χ3v) is 5.68. The highest BCUT2D eigenvalue weighted by atomic mass is 35.5. The Morgan fingerprint density at radius 3 is 2.27 bits per heavy atom. The third-order valence-electron chi connectivity index (χ3n) is 4.84. The lowest BCUT2D eigenvalue weighted by Gasteiger charge is -2.31. The zero-order valence-electron chi connectivity index (χ0n) is 17.3. The number of halogens is 3. The first-order valence-corrected chi connectivity index (χ1v) is 11.2. The summed E-state index contributed by atoms with van der Waals surface area (Å²) in [5, 5.41) is 4.51. The van der Waals surface area contributed by atoms with Crippen molar-refractivity contribution in [3.63, 3.8) is 0 Å². The molecule has 0 fully saturated rings. The molecule has 162 valence electrons. The van der Waals surface area contributed by atoms with Gasteiger partial charge in [0.05, 0.1) is 6.42 Å². The monoisotopic (exact) mass is 468 g/mol. The summed E-state index contributed by atoms with van der Waals surface area (Å²) in [5.74, 6) is -0.317. The van der Waals surface area contributed by atoms with Crippen LogP contribution in [0.2, 0.25) is 15.1 Å². The van der Waals surface area contributed by atoms with Crippen molar-refractivity contribution in [3.8, 4) is 0 Å². The average Bonchev–Trinajstić information content (AvgIpc) is 2.71. The topological polar surface area (TPSA) is 49.4 Å². The number of amides is 2. The molecule has 0 saturated heterocycles. The summed E-state index contributed by atoms with van der Waals surface area (Å²) < 4.78 is 0. The van der Waals surface area contributed by atoms with Gasteiger partial charge in [0.25, 0.3) is 0 Å². The fourth-order valence-electron chi connectivity index (χ4n) is 3.14. The van der Waals surface area contributed by atoms with Crippen LogP contribution in [0, 0.1) is 0 Å². The normalized spacial score (nSPS) is 11.8. The Morgan fingerprint density at radius 2 is 1.67 bits per heavy atom. The summed E-state index contributed by atoms with van der Waals surface area (Å²) in [6.45, 7) is 4.87. The van der Waals surface area contributed by atoms with Crippen LogP contribution in [0.5, 0.6) is 0 Å². The molecule has 1 atom stereocenters. The quantitative estimate of drug-likeness (QED) is 0.440. The summed E-state index contributed by atoms with van der Waals surface area (Å²) in [5.41, 5.74) is 1.57. The van der Waals surface area contributed by atoms with E-state index in [0.717, 1.165) is 18.4 Å². The number of nitrogens with zero attached hydrogens (tertiary/aromatic N) is 1. The van der Waals surface area contributed by atoms with E-state index in [2.05, 4.69) is 12.2 Å². The average molecular weight is 470 g/mol. The van der Waals surface area contributed by atoms with Crippen molar-refractivity contribution in [1.82, 2.24) is 10.2 Å². The van der Waals surface area contributed by atoms with E-state index in [-0.39, 0.29) is 18.2 Å². The zero-order chi connectivity index (χ0) is 22.1. The minimum Gasteiger partial charge on any atom is -0.354 e. The molecule has 2 aromatic carbocycles. The molecule has 0 aliphatic heterocycles. The van der Waals surface area contributed by atoms with E-state index in [1.165, 1.54) is 0 Å². The maximum Gasteiger partial charge on any atom is 0.242 e. The van der Waals surface area contributed by atoms with Crippen molar-refractivity contribution in [2.75, 3.05) is 6.54 Å². The molecule has 0 saturated carbocycles. The van der Waals surface area contributed by atoms with Crippen molar-refractivity contribution >= 4 is 46.6 Å². The molecular weight excluding hydrogens is 443 g/mol. The summed E-state index contributed by atoms with van der Waals surface area (Å²) in [7, 11) is 0. The summed E-state index contributed by atoms with van der Waals surface area (Å²) >= 11 is 18.2. The van der Waals surface area contributed by atoms with E-state index < -0.39 is 6.04 Å². The van der Waals surface area contributed by atoms with Crippen LogP contribution >= 0.6 is 34.8 Å². The van der Waals surface area contributed by atoms with Gasteiger partial charge in [-0.1, -0.05) is 73.3 Å². The lowest BCUT2D eigenvalue weighted by molar-refractivity contribution is -0.140. The second-order valence-corrected chi connectivity index (χ2v) is 8.41. The number of carbonyl (C=O) groups is 2. The van der Waals surface area contributed by atoms with E-state index in [1.807, 2.05) is 19.1 Å². The number of unbranched alkanes of at least 4 members (excludes halogenated alkanes) is 1. The number of benzene rings is 2. The Bertz CT molecular complexity index is 856. The van der Waals surface area contributed by atoms with Crippen LogP contribution in [0.4, 0.5) is 0 Å². The standard InChI is InChI=1S/C23H27Cl3N2O2/c1-3-5-12-27-23(30)21(4-2)28(15-16-6-9-18(24)10-7-16)22(29)13-17-8-11-19(25)14-20(17)26/h6-11,14,21H,3-5,12-13,15H2,1-2H3,(H,27,30)/t21-/m0/s1. The lowest BCUT2D eigenvalue weighted by atomic mass is 10.1. The van der Waals surface area contributed by atoms with Crippen molar-refractivity contribution in [3.05, 3.63) is 68.7 Å². The van der Waals surface area contributed by atoms with Gasteiger partial charge in [0, 0.05) is 28.2 Å². The van der Waals surface area contributed by atoms with Crippen LogP contribution in [-0.4, -0.2) is 29.3 Å². The number of hydrogen-bond acceptors (Lipinski definition) is 2. The Balaban J connectivity index is 2.26. The van der Waals surface area contributed by atoms with Crippen LogP contribution < -0.4 is 5.32 Å². The van der Waals surface area contributed by atoms with Gasteiger partial charge in [0.1, 0.15) is 6.04 Å². The smallest absolute Gasteiger partial charge is 0.242 e. The Labute approximate surface area is 193 Å². The van der Waals surface area contributed by atoms with Gasteiger partial charge in [-0.3, -0.25) is 9.59 Å². The first kappa shape index (κ1) is 24.5. The molecular formula is C23H27Cl3N2O2. The molecule has 7 heteroatoms. The lowest BCUT2D eigenvalue weighted by Crippen LogP contribution is -2.49. The fraction of sp³-hybridized carbons (Fsp3) is 0.391. The Morgan fingerprint density at radius 1 is 1.00 bits per heavy atom. The van der Waals surface area contributed by atoms with Crippen LogP contribution in [-0.2, 0) is 22.6 Å². The molecule has 4 nitrogen and oxygen atoms in total. The highest BCUT2D eigenvalue weighted by Gasteiger charge is 2.28. The van der Waals surface area contributed by atoms with Gasteiger partial charge in [-0.05, 0) is 48.2 Å². The molecule has 2 amide bonds. The summed E-state index contributed by atoms with van der Waals surface area (Å²) in [6.07, 6.45) is 2.47.